The van der Waals surface area contributed by atoms with Crippen LogP contribution in [0.4, 0.5) is 5.69 Å². The van der Waals surface area contributed by atoms with Crippen LogP contribution in [0, 0.1) is 10.1 Å². The minimum absolute atomic E-state index is 0.0160. The topological polar surface area (TPSA) is 89.8 Å². The number of amides is 1. The van der Waals surface area contributed by atoms with Crippen LogP contribution in [-0.2, 0) is 4.79 Å². The number of nitro groups is 1. The maximum Gasteiger partial charge on any atom is 0.270 e. The second-order valence-electron chi connectivity index (χ2n) is 6.61. The van der Waals surface area contributed by atoms with Gasteiger partial charge in [-0.25, -0.2) is 0 Å². The normalized spacial score (nSPS) is 10.5. The Morgan fingerprint density at radius 1 is 1.03 bits per heavy atom. The highest BCUT2D eigenvalue weighted by molar-refractivity contribution is 5.82. The number of non-ortho nitro benzene ring substituents is 1. The summed E-state index contributed by atoms with van der Waals surface area (Å²) in [6.07, 6.45) is 0.466. The lowest BCUT2D eigenvalue weighted by Crippen LogP contribution is -2.35. The summed E-state index contributed by atoms with van der Waals surface area (Å²) in [7, 11) is 1.69. The van der Waals surface area contributed by atoms with Crippen LogP contribution in [0.2, 0.25) is 0 Å². The molecular formula is C23H20N2O5. The summed E-state index contributed by atoms with van der Waals surface area (Å²) in [4.78, 5) is 36.0. The van der Waals surface area contributed by atoms with Gasteiger partial charge in [0.15, 0.2) is 12.9 Å². The van der Waals surface area contributed by atoms with Crippen molar-refractivity contribution in [2.45, 2.75) is 6.04 Å². The lowest BCUT2D eigenvalue weighted by molar-refractivity contribution is -0.384. The van der Waals surface area contributed by atoms with Crippen molar-refractivity contribution >= 4 is 17.9 Å². The number of hydrogen-bond acceptors (Lipinski definition) is 5. The Morgan fingerprint density at radius 2 is 1.60 bits per heavy atom. The molecule has 0 atom stereocenters. The molecule has 0 aliphatic rings. The van der Waals surface area contributed by atoms with Crippen molar-refractivity contribution in [1.29, 1.82) is 0 Å². The summed E-state index contributed by atoms with van der Waals surface area (Å²) in [6, 6.07) is 22.6. The van der Waals surface area contributed by atoms with Crippen molar-refractivity contribution in [2.24, 2.45) is 0 Å². The Morgan fingerprint density at radius 3 is 2.10 bits per heavy atom. The molecule has 0 fully saturated rings. The van der Waals surface area contributed by atoms with Gasteiger partial charge in [0.25, 0.3) is 11.6 Å². The monoisotopic (exact) mass is 404 g/mol. The molecule has 0 saturated carbocycles. The summed E-state index contributed by atoms with van der Waals surface area (Å²) < 4.78 is 5.52. The van der Waals surface area contributed by atoms with Crippen LogP contribution in [0.5, 0.6) is 5.75 Å². The average Bonchev–Trinajstić information content (AvgIpc) is 2.78. The maximum atomic E-state index is 12.9. The van der Waals surface area contributed by atoms with E-state index in [-0.39, 0.29) is 35.6 Å². The molecule has 3 rings (SSSR count). The van der Waals surface area contributed by atoms with E-state index in [1.807, 2.05) is 60.7 Å². The Balaban J connectivity index is 1.80. The zero-order chi connectivity index (χ0) is 21.5. The van der Waals surface area contributed by atoms with Crippen molar-refractivity contribution in [3.8, 4) is 5.75 Å². The third-order valence-corrected chi connectivity index (χ3v) is 4.69. The molecule has 0 radical (unpaired) electrons. The minimum Gasteiger partial charge on any atom is -0.483 e. The van der Waals surface area contributed by atoms with E-state index in [1.165, 1.54) is 12.1 Å². The Kier molecular flexibility index (Phi) is 6.54. The fraction of sp³-hybridized carbons (Fsp3) is 0.130. The van der Waals surface area contributed by atoms with Crippen LogP contribution in [0.25, 0.3) is 0 Å². The molecule has 0 bridgehead atoms. The first kappa shape index (κ1) is 20.7. The molecule has 0 heterocycles. The summed E-state index contributed by atoms with van der Waals surface area (Å²) in [5.41, 5.74) is 1.69. The number of benzene rings is 3. The SMILES string of the molecule is CN(C(=O)COc1ccc([N+](=O)[O-])cc1C=O)C(c1ccccc1)c1ccccc1. The molecular weight excluding hydrogens is 384 g/mol. The van der Waals surface area contributed by atoms with E-state index in [9.17, 15) is 19.7 Å². The summed E-state index contributed by atoms with van der Waals surface area (Å²) in [6.45, 7) is -0.314. The fourth-order valence-corrected chi connectivity index (χ4v) is 3.17. The van der Waals surface area contributed by atoms with Gasteiger partial charge in [0.2, 0.25) is 0 Å². The second kappa shape index (κ2) is 9.47. The van der Waals surface area contributed by atoms with Gasteiger partial charge in [0, 0.05) is 19.2 Å². The highest BCUT2D eigenvalue weighted by atomic mass is 16.6. The number of ether oxygens (including phenoxy) is 1. The fourth-order valence-electron chi connectivity index (χ4n) is 3.17. The number of rotatable bonds is 8. The number of nitro benzene ring substituents is 1. The third-order valence-electron chi connectivity index (χ3n) is 4.69. The van der Waals surface area contributed by atoms with Crippen molar-refractivity contribution in [1.82, 2.24) is 4.90 Å². The molecule has 7 heteroatoms. The summed E-state index contributed by atoms with van der Waals surface area (Å²) in [5.74, 6) is -0.184. The predicted molar refractivity (Wildman–Crippen MR) is 111 cm³/mol. The molecule has 0 unspecified atom stereocenters. The van der Waals surface area contributed by atoms with E-state index >= 15 is 0 Å². The van der Waals surface area contributed by atoms with E-state index in [0.717, 1.165) is 17.2 Å². The Hall–Kier alpha value is -4.00. The van der Waals surface area contributed by atoms with E-state index in [2.05, 4.69) is 0 Å². The van der Waals surface area contributed by atoms with E-state index < -0.39 is 4.92 Å². The van der Waals surface area contributed by atoms with Gasteiger partial charge in [-0.1, -0.05) is 60.7 Å². The molecule has 3 aromatic rings. The largest absolute Gasteiger partial charge is 0.483 e. The van der Waals surface area contributed by atoms with E-state index in [0.29, 0.717) is 6.29 Å². The van der Waals surface area contributed by atoms with Gasteiger partial charge in [0.1, 0.15) is 5.75 Å². The van der Waals surface area contributed by atoms with Crippen LogP contribution in [0.3, 0.4) is 0 Å². The highest BCUT2D eigenvalue weighted by Crippen LogP contribution is 2.28. The highest BCUT2D eigenvalue weighted by Gasteiger charge is 2.24. The van der Waals surface area contributed by atoms with Crippen LogP contribution >= 0.6 is 0 Å². The maximum absolute atomic E-state index is 12.9. The molecule has 1 amide bonds. The van der Waals surface area contributed by atoms with Crippen molar-refractivity contribution in [3.63, 3.8) is 0 Å². The van der Waals surface area contributed by atoms with Crippen LogP contribution < -0.4 is 4.74 Å². The Labute approximate surface area is 173 Å². The van der Waals surface area contributed by atoms with Gasteiger partial charge < -0.3 is 9.64 Å². The zero-order valence-electron chi connectivity index (χ0n) is 16.3. The molecule has 0 aliphatic carbocycles. The van der Waals surface area contributed by atoms with Crippen LogP contribution in [-0.4, -0.2) is 35.7 Å². The number of hydrogen-bond donors (Lipinski definition) is 0. The van der Waals surface area contributed by atoms with Crippen LogP contribution in [0.1, 0.15) is 27.5 Å². The smallest absolute Gasteiger partial charge is 0.270 e. The van der Waals surface area contributed by atoms with Gasteiger partial charge in [-0.2, -0.15) is 0 Å². The number of carbonyl (C=O) groups excluding carboxylic acids is 2. The number of likely N-dealkylation sites (N-methyl/N-ethyl adjacent to an activating group) is 1. The van der Waals surface area contributed by atoms with Gasteiger partial charge in [-0.05, 0) is 17.2 Å². The van der Waals surface area contributed by atoms with Gasteiger partial charge in [-0.15, -0.1) is 0 Å². The lowest BCUT2D eigenvalue weighted by atomic mass is 9.97. The number of aldehydes is 1. The van der Waals surface area contributed by atoms with Gasteiger partial charge in [-0.3, -0.25) is 19.7 Å². The average molecular weight is 404 g/mol. The first-order valence-corrected chi connectivity index (χ1v) is 9.23. The van der Waals surface area contributed by atoms with Crippen LogP contribution in [0.15, 0.2) is 78.9 Å². The van der Waals surface area contributed by atoms with Gasteiger partial charge >= 0.3 is 0 Å². The molecule has 152 valence electrons. The minimum atomic E-state index is -0.597. The quantitative estimate of drug-likeness (QED) is 0.321. The first-order chi connectivity index (χ1) is 14.5. The molecule has 0 aromatic heterocycles. The van der Waals surface area contributed by atoms with Crippen molar-refractivity contribution in [2.75, 3.05) is 13.7 Å². The molecule has 3 aromatic carbocycles. The molecule has 0 aliphatic heterocycles. The van der Waals surface area contributed by atoms with E-state index in [4.69, 9.17) is 4.74 Å². The first-order valence-electron chi connectivity index (χ1n) is 9.23. The summed E-state index contributed by atoms with van der Waals surface area (Å²) in [5, 5.41) is 10.9. The lowest BCUT2D eigenvalue weighted by Gasteiger charge is -2.29. The zero-order valence-corrected chi connectivity index (χ0v) is 16.3. The molecule has 7 nitrogen and oxygen atoms in total. The summed E-state index contributed by atoms with van der Waals surface area (Å²) >= 11 is 0. The van der Waals surface area contributed by atoms with Crippen molar-refractivity contribution in [3.05, 3.63) is 106 Å². The molecule has 0 N–H and O–H groups in total. The molecule has 0 spiro atoms. The second-order valence-corrected chi connectivity index (χ2v) is 6.61. The number of carbonyl (C=O) groups is 2. The molecule has 30 heavy (non-hydrogen) atoms. The van der Waals surface area contributed by atoms with Crippen molar-refractivity contribution < 1.29 is 19.2 Å². The van der Waals surface area contributed by atoms with E-state index in [1.54, 1.807) is 11.9 Å². The molecule has 0 saturated heterocycles. The predicted octanol–water partition coefficient (Wildman–Crippen LogP) is 4.03. The standard InChI is InChI=1S/C23H20N2O5/c1-24(23(17-8-4-2-5-9-17)18-10-6-3-7-11-18)22(27)16-30-21-13-12-20(25(28)29)14-19(21)15-26/h2-15,23H,16H2,1H3. The third kappa shape index (κ3) is 4.70. The van der Waals surface area contributed by atoms with Gasteiger partial charge in [0.05, 0.1) is 16.5 Å². The Bertz CT molecular complexity index is 998. The number of nitrogens with zero attached hydrogens (tertiary/aromatic N) is 2.